The van der Waals surface area contributed by atoms with Crippen molar-refractivity contribution in [3.63, 3.8) is 0 Å². The predicted molar refractivity (Wildman–Crippen MR) is 99.0 cm³/mol. The van der Waals surface area contributed by atoms with Crippen molar-refractivity contribution in [2.75, 3.05) is 20.6 Å². The lowest BCUT2D eigenvalue weighted by Gasteiger charge is -2.19. The Morgan fingerprint density at radius 1 is 1.00 bits per heavy atom. The normalized spacial score (nSPS) is 12.8. The molecule has 0 N–H and O–H groups in total. The van der Waals surface area contributed by atoms with Crippen molar-refractivity contribution in [2.24, 2.45) is 0 Å². The fourth-order valence-corrected chi connectivity index (χ4v) is 3.58. The molecular formula is C20H23NOS. The van der Waals surface area contributed by atoms with Gasteiger partial charge < -0.3 is 9.64 Å². The molecule has 0 fully saturated rings. The summed E-state index contributed by atoms with van der Waals surface area (Å²) in [5.74, 6) is 0. The number of ether oxygens (including phenoxy) is 1. The number of fused-ring (bicyclic) bond motifs is 1. The average Bonchev–Trinajstić information content (AvgIpc) is 3.09. The first-order chi connectivity index (χ1) is 11.2. The van der Waals surface area contributed by atoms with E-state index in [0.29, 0.717) is 6.61 Å². The molecule has 3 rings (SSSR count). The van der Waals surface area contributed by atoms with E-state index in [9.17, 15) is 0 Å². The minimum absolute atomic E-state index is 0.163. The molecule has 0 saturated carbocycles. The van der Waals surface area contributed by atoms with Crippen LogP contribution in [0.25, 0.3) is 10.8 Å². The van der Waals surface area contributed by atoms with Crippen LogP contribution in [0.2, 0.25) is 0 Å². The smallest absolute Gasteiger partial charge is 0.0933 e. The number of thiophene rings is 1. The van der Waals surface area contributed by atoms with Crippen LogP contribution < -0.4 is 0 Å². The lowest BCUT2D eigenvalue weighted by atomic mass is 10.1. The van der Waals surface area contributed by atoms with Crippen molar-refractivity contribution in [3.8, 4) is 0 Å². The highest BCUT2D eigenvalue weighted by Crippen LogP contribution is 2.28. The molecule has 0 aliphatic carbocycles. The molecule has 0 amide bonds. The zero-order chi connectivity index (χ0) is 16.1. The summed E-state index contributed by atoms with van der Waals surface area (Å²) in [6.07, 6.45) is 1.18. The summed E-state index contributed by atoms with van der Waals surface area (Å²) in [5, 5.41) is 4.68. The second-order valence-corrected chi connectivity index (χ2v) is 7.02. The quantitative estimate of drug-likeness (QED) is 0.598. The van der Waals surface area contributed by atoms with Crippen molar-refractivity contribution in [1.82, 2.24) is 4.90 Å². The van der Waals surface area contributed by atoms with Crippen molar-refractivity contribution >= 4 is 22.1 Å². The third-order valence-corrected chi connectivity index (χ3v) is 4.98. The molecule has 0 bridgehead atoms. The van der Waals surface area contributed by atoms with E-state index in [1.807, 2.05) is 0 Å². The lowest BCUT2D eigenvalue weighted by Crippen LogP contribution is -2.17. The van der Waals surface area contributed by atoms with Crippen molar-refractivity contribution in [2.45, 2.75) is 19.1 Å². The van der Waals surface area contributed by atoms with E-state index in [4.69, 9.17) is 4.74 Å². The second kappa shape index (κ2) is 7.73. The summed E-state index contributed by atoms with van der Waals surface area (Å²) >= 11 is 1.78. The summed E-state index contributed by atoms with van der Waals surface area (Å²) in [4.78, 5) is 3.52. The molecule has 2 nitrogen and oxygen atoms in total. The molecule has 3 heteroatoms. The van der Waals surface area contributed by atoms with Gasteiger partial charge in [0.05, 0.1) is 12.7 Å². The van der Waals surface area contributed by atoms with E-state index >= 15 is 0 Å². The Morgan fingerprint density at radius 3 is 2.61 bits per heavy atom. The van der Waals surface area contributed by atoms with Crippen LogP contribution in [0.3, 0.4) is 0 Å². The van der Waals surface area contributed by atoms with Gasteiger partial charge in [-0.15, -0.1) is 11.3 Å². The van der Waals surface area contributed by atoms with Crippen LogP contribution in [0.5, 0.6) is 0 Å². The van der Waals surface area contributed by atoms with E-state index < -0.39 is 0 Å². The van der Waals surface area contributed by atoms with Crippen LogP contribution in [0, 0.1) is 0 Å². The minimum Gasteiger partial charge on any atom is -0.368 e. The molecule has 1 heterocycles. The molecule has 1 aromatic heterocycles. The molecule has 1 unspecified atom stereocenters. The van der Waals surface area contributed by atoms with Gasteiger partial charge >= 0.3 is 0 Å². The Labute approximate surface area is 142 Å². The SMILES string of the molecule is CN(C)CCC(OCc1cccc2ccccc12)c1cccs1. The van der Waals surface area contributed by atoms with E-state index in [-0.39, 0.29) is 6.10 Å². The van der Waals surface area contributed by atoms with Gasteiger partial charge in [0.15, 0.2) is 0 Å². The molecule has 0 aliphatic heterocycles. The molecule has 3 aromatic rings. The van der Waals surface area contributed by atoms with Crippen LogP contribution in [0.4, 0.5) is 0 Å². The second-order valence-electron chi connectivity index (χ2n) is 6.05. The molecule has 0 aliphatic rings. The van der Waals surface area contributed by atoms with Crippen molar-refractivity contribution < 1.29 is 4.74 Å². The van der Waals surface area contributed by atoms with Gasteiger partial charge in [-0.2, -0.15) is 0 Å². The highest BCUT2D eigenvalue weighted by Gasteiger charge is 2.14. The van der Waals surface area contributed by atoms with Crippen LogP contribution in [-0.4, -0.2) is 25.5 Å². The van der Waals surface area contributed by atoms with E-state index in [2.05, 4.69) is 79.0 Å². The summed E-state index contributed by atoms with van der Waals surface area (Å²) in [7, 11) is 4.21. The number of benzene rings is 2. The lowest BCUT2D eigenvalue weighted by molar-refractivity contribution is 0.0325. The third kappa shape index (κ3) is 4.20. The van der Waals surface area contributed by atoms with Gasteiger partial charge in [0.1, 0.15) is 0 Å². The Morgan fingerprint density at radius 2 is 1.83 bits per heavy atom. The first-order valence-electron chi connectivity index (χ1n) is 8.00. The summed E-state index contributed by atoms with van der Waals surface area (Å²) in [6.45, 7) is 1.68. The van der Waals surface area contributed by atoms with Gasteiger partial charge in [-0.05, 0) is 48.3 Å². The molecule has 1 atom stereocenters. The first-order valence-corrected chi connectivity index (χ1v) is 8.88. The largest absolute Gasteiger partial charge is 0.368 e. The highest BCUT2D eigenvalue weighted by molar-refractivity contribution is 7.10. The number of hydrogen-bond acceptors (Lipinski definition) is 3. The van der Waals surface area contributed by atoms with E-state index in [1.54, 1.807) is 11.3 Å². The number of hydrogen-bond donors (Lipinski definition) is 0. The van der Waals surface area contributed by atoms with Crippen LogP contribution >= 0.6 is 11.3 Å². The maximum Gasteiger partial charge on any atom is 0.0933 e. The number of nitrogens with zero attached hydrogens (tertiary/aromatic N) is 1. The van der Waals surface area contributed by atoms with Gasteiger partial charge in [-0.1, -0.05) is 48.5 Å². The Balaban J connectivity index is 1.75. The van der Waals surface area contributed by atoms with E-state index in [0.717, 1.165) is 13.0 Å². The molecular weight excluding hydrogens is 302 g/mol. The third-order valence-electron chi connectivity index (χ3n) is 4.02. The Kier molecular flexibility index (Phi) is 5.44. The maximum absolute atomic E-state index is 6.31. The predicted octanol–water partition coefficient (Wildman–Crippen LogP) is 5.11. The molecule has 120 valence electrons. The van der Waals surface area contributed by atoms with Gasteiger partial charge in [0.25, 0.3) is 0 Å². The fourth-order valence-electron chi connectivity index (χ4n) is 2.77. The summed E-state index contributed by atoms with van der Waals surface area (Å²) in [5.41, 5.74) is 1.26. The number of rotatable bonds is 7. The zero-order valence-electron chi connectivity index (χ0n) is 13.7. The summed E-state index contributed by atoms with van der Waals surface area (Å²) in [6, 6.07) is 19.2. The Bertz CT molecular complexity index is 731. The van der Waals surface area contributed by atoms with Gasteiger partial charge in [0, 0.05) is 11.4 Å². The molecule has 23 heavy (non-hydrogen) atoms. The summed E-state index contributed by atoms with van der Waals surface area (Å²) < 4.78 is 6.31. The highest BCUT2D eigenvalue weighted by atomic mass is 32.1. The monoisotopic (exact) mass is 325 g/mol. The van der Waals surface area contributed by atoms with Gasteiger partial charge in [-0.3, -0.25) is 0 Å². The molecule has 0 radical (unpaired) electrons. The maximum atomic E-state index is 6.31. The Hall–Kier alpha value is -1.68. The van der Waals surface area contributed by atoms with Gasteiger partial charge in [0.2, 0.25) is 0 Å². The van der Waals surface area contributed by atoms with E-state index in [1.165, 1.54) is 21.2 Å². The van der Waals surface area contributed by atoms with Crippen molar-refractivity contribution in [1.29, 1.82) is 0 Å². The van der Waals surface area contributed by atoms with Crippen LogP contribution in [-0.2, 0) is 11.3 Å². The van der Waals surface area contributed by atoms with Crippen LogP contribution in [0.1, 0.15) is 23.0 Å². The topological polar surface area (TPSA) is 12.5 Å². The van der Waals surface area contributed by atoms with Gasteiger partial charge in [-0.25, -0.2) is 0 Å². The minimum atomic E-state index is 0.163. The molecule has 0 saturated heterocycles. The molecule has 2 aromatic carbocycles. The average molecular weight is 325 g/mol. The molecule has 0 spiro atoms. The van der Waals surface area contributed by atoms with Crippen LogP contribution in [0.15, 0.2) is 60.0 Å². The van der Waals surface area contributed by atoms with Crippen molar-refractivity contribution in [3.05, 3.63) is 70.4 Å². The fraction of sp³-hybridized carbons (Fsp3) is 0.300. The first kappa shape index (κ1) is 16.2. The zero-order valence-corrected chi connectivity index (χ0v) is 14.6. The standard InChI is InChI=1S/C20H23NOS/c1-21(2)13-12-19(20-11-6-14-23-20)22-15-17-9-5-8-16-7-3-4-10-18(16)17/h3-11,14,19H,12-13,15H2,1-2H3.